The second-order valence-corrected chi connectivity index (χ2v) is 7.43. The second kappa shape index (κ2) is 6.46. The molecular weight excluding hydrogens is 248 g/mol. The molecule has 0 spiro atoms. The summed E-state index contributed by atoms with van der Waals surface area (Å²) in [7, 11) is 0. The third-order valence-corrected chi connectivity index (χ3v) is 5.93. The minimum atomic E-state index is 0.383. The monoisotopic (exact) mass is 278 g/mol. The lowest BCUT2D eigenvalue weighted by Gasteiger charge is -2.27. The summed E-state index contributed by atoms with van der Waals surface area (Å²) in [6, 6.07) is 0.383. The van der Waals surface area contributed by atoms with Crippen LogP contribution in [0.5, 0.6) is 0 Å². The second-order valence-electron chi connectivity index (χ2n) is 7.43. The number of likely N-dealkylation sites (tertiary alicyclic amines) is 1. The maximum Gasteiger partial charge on any atom is 0.222 e. The van der Waals surface area contributed by atoms with Crippen molar-refractivity contribution >= 4 is 5.91 Å². The maximum absolute atomic E-state index is 12.4. The Hall–Kier alpha value is -0.570. The van der Waals surface area contributed by atoms with Crippen LogP contribution >= 0.6 is 0 Å². The highest BCUT2D eigenvalue weighted by Crippen LogP contribution is 2.36. The highest BCUT2D eigenvalue weighted by atomic mass is 16.2. The molecule has 0 aromatic rings. The van der Waals surface area contributed by atoms with Gasteiger partial charge < -0.3 is 10.6 Å². The van der Waals surface area contributed by atoms with E-state index < -0.39 is 0 Å². The lowest BCUT2D eigenvalue weighted by molar-refractivity contribution is -0.130. The van der Waals surface area contributed by atoms with Crippen molar-refractivity contribution in [1.29, 1.82) is 0 Å². The molecule has 20 heavy (non-hydrogen) atoms. The van der Waals surface area contributed by atoms with Gasteiger partial charge >= 0.3 is 0 Å². The number of rotatable bonds is 3. The van der Waals surface area contributed by atoms with Crippen LogP contribution in [0.3, 0.4) is 0 Å². The van der Waals surface area contributed by atoms with Gasteiger partial charge in [0.15, 0.2) is 0 Å². The van der Waals surface area contributed by atoms with Crippen LogP contribution in [0.2, 0.25) is 0 Å². The first-order valence-corrected chi connectivity index (χ1v) is 8.75. The van der Waals surface area contributed by atoms with Crippen molar-refractivity contribution in [2.75, 3.05) is 13.1 Å². The molecule has 0 bridgehead atoms. The summed E-state index contributed by atoms with van der Waals surface area (Å²) < 4.78 is 0. The fourth-order valence-electron chi connectivity index (χ4n) is 4.63. The van der Waals surface area contributed by atoms with E-state index in [9.17, 15) is 4.79 Å². The standard InChI is InChI=1S/C17H30N2O/c18-16-8-7-14-11-19(12-15(14)10-16)17(20)9-6-13-4-2-1-3-5-13/h13-16H,1-12,18H2/t14-,15+,16?/m1/s1. The molecule has 3 nitrogen and oxygen atoms in total. The predicted octanol–water partition coefficient (Wildman–Crippen LogP) is 2.93. The Labute approximate surface area is 123 Å². The Morgan fingerprint density at radius 1 is 1.00 bits per heavy atom. The molecule has 0 aromatic heterocycles. The van der Waals surface area contributed by atoms with Gasteiger partial charge in [-0.15, -0.1) is 0 Å². The van der Waals surface area contributed by atoms with Gasteiger partial charge in [-0.3, -0.25) is 4.79 Å². The number of hydrogen-bond donors (Lipinski definition) is 1. The van der Waals surface area contributed by atoms with E-state index in [1.54, 1.807) is 0 Å². The molecule has 3 atom stereocenters. The van der Waals surface area contributed by atoms with Crippen LogP contribution in [-0.4, -0.2) is 29.9 Å². The lowest BCUT2D eigenvalue weighted by atomic mass is 9.79. The number of hydrogen-bond acceptors (Lipinski definition) is 2. The average molecular weight is 278 g/mol. The molecule has 2 N–H and O–H groups in total. The van der Waals surface area contributed by atoms with Crippen molar-refractivity contribution in [3.63, 3.8) is 0 Å². The Kier molecular flexibility index (Phi) is 4.65. The smallest absolute Gasteiger partial charge is 0.222 e. The number of fused-ring (bicyclic) bond motifs is 1. The Bertz CT molecular complexity index is 338. The highest BCUT2D eigenvalue weighted by Gasteiger charge is 2.38. The van der Waals surface area contributed by atoms with Crippen molar-refractivity contribution < 1.29 is 4.79 Å². The third kappa shape index (κ3) is 3.36. The summed E-state index contributed by atoms with van der Waals surface area (Å²) in [4.78, 5) is 14.6. The fourth-order valence-corrected chi connectivity index (χ4v) is 4.63. The van der Waals surface area contributed by atoms with Crippen LogP contribution in [0.1, 0.15) is 64.2 Å². The number of carbonyl (C=O) groups is 1. The minimum Gasteiger partial charge on any atom is -0.342 e. The normalized spacial score (nSPS) is 35.0. The molecule has 3 heteroatoms. The number of nitrogens with zero attached hydrogens (tertiary/aromatic N) is 1. The summed E-state index contributed by atoms with van der Waals surface area (Å²) in [6.07, 6.45) is 12.3. The zero-order valence-electron chi connectivity index (χ0n) is 12.7. The van der Waals surface area contributed by atoms with Gasteiger partial charge in [-0.05, 0) is 43.4 Å². The molecular formula is C17H30N2O. The molecule has 3 aliphatic rings. The summed E-state index contributed by atoms with van der Waals surface area (Å²) in [5.74, 6) is 2.68. The zero-order valence-corrected chi connectivity index (χ0v) is 12.7. The summed E-state index contributed by atoms with van der Waals surface area (Å²) in [5, 5.41) is 0. The van der Waals surface area contributed by atoms with Crippen LogP contribution in [0.15, 0.2) is 0 Å². The van der Waals surface area contributed by atoms with Crippen LogP contribution in [-0.2, 0) is 4.79 Å². The zero-order chi connectivity index (χ0) is 13.9. The van der Waals surface area contributed by atoms with Crippen molar-refractivity contribution in [2.24, 2.45) is 23.5 Å². The van der Waals surface area contributed by atoms with Crippen LogP contribution in [0.4, 0.5) is 0 Å². The fraction of sp³-hybridized carbons (Fsp3) is 0.941. The largest absolute Gasteiger partial charge is 0.342 e. The Morgan fingerprint density at radius 2 is 1.75 bits per heavy atom. The van der Waals surface area contributed by atoms with E-state index in [4.69, 9.17) is 5.73 Å². The molecule has 1 unspecified atom stereocenters. The maximum atomic E-state index is 12.4. The molecule has 3 fully saturated rings. The molecule has 3 rings (SSSR count). The Morgan fingerprint density at radius 3 is 2.55 bits per heavy atom. The van der Waals surface area contributed by atoms with Crippen LogP contribution in [0.25, 0.3) is 0 Å². The summed E-state index contributed by atoms with van der Waals surface area (Å²) >= 11 is 0. The molecule has 1 amide bonds. The van der Waals surface area contributed by atoms with E-state index in [-0.39, 0.29) is 0 Å². The SMILES string of the molecule is NC1CC[C@@H]2CN(C(=O)CCC3CCCCC3)C[C@@H]2C1. The topological polar surface area (TPSA) is 46.3 Å². The first-order chi connectivity index (χ1) is 9.72. The van der Waals surface area contributed by atoms with Crippen molar-refractivity contribution in [1.82, 2.24) is 4.90 Å². The van der Waals surface area contributed by atoms with Gasteiger partial charge in [0.2, 0.25) is 5.91 Å². The van der Waals surface area contributed by atoms with Crippen molar-refractivity contribution in [2.45, 2.75) is 70.3 Å². The summed E-state index contributed by atoms with van der Waals surface area (Å²) in [5.41, 5.74) is 6.06. The first kappa shape index (κ1) is 14.4. The van der Waals surface area contributed by atoms with E-state index >= 15 is 0 Å². The quantitative estimate of drug-likeness (QED) is 0.863. The average Bonchev–Trinajstić information content (AvgIpc) is 2.89. The molecule has 1 aliphatic heterocycles. The van der Waals surface area contributed by atoms with Gasteiger partial charge in [0.05, 0.1) is 0 Å². The molecule has 2 aliphatic carbocycles. The molecule has 1 heterocycles. The van der Waals surface area contributed by atoms with Crippen molar-refractivity contribution in [3.8, 4) is 0 Å². The minimum absolute atomic E-state index is 0.383. The summed E-state index contributed by atoms with van der Waals surface area (Å²) in [6.45, 7) is 2.00. The molecule has 114 valence electrons. The number of amides is 1. The van der Waals surface area contributed by atoms with Crippen LogP contribution < -0.4 is 5.73 Å². The van der Waals surface area contributed by atoms with Gasteiger partial charge in [-0.2, -0.15) is 0 Å². The van der Waals surface area contributed by atoms with Crippen LogP contribution in [0, 0.1) is 17.8 Å². The number of nitrogens with two attached hydrogens (primary N) is 1. The van der Waals surface area contributed by atoms with Gasteiger partial charge in [0.25, 0.3) is 0 Å². The van der Waals surface area contributed by atoms with E-state index in [0.29, 0.717) is 17.9 Å². The molecule has 0 aromatic carbocycles. The van der Waals surface area contributed by atoms with E-state index in [1.165, 1.54) is 38.5 Å². The Balaban J connectivity index is 1.44. The van der Waals surface area contributed by atoms with Gasteiger partial charge in [-0.1, -0.05) is 32.1 Å². The van der Waals surface area contributed by atoms with Gasteiger partial charge in [-0.25, -0.2) is 0 Å². The third-order valence-electron chi connectivity index (χ3n) is 5.93. The van der Waals surface area contributed by atoms with Gasteiger partial charge in [0, 0.05) is 25.6 Å². The van der Waals surface area contributed by atoms with Crippen molar-refractivity contribution in [3.05, 3.63) is 0 Å². The molecule has 0 radical (unpaired) electrons. The van der Waals surface area contributed by atoms with E-state index in [0.717, 1.165) is 50.6 Å². The number of carbonyl (C=O) groups excluding carboxylic acids is 1. The lowest BCUT2D eigenvalue weighted by Crippen LogP contribution is -2.32. The highest BCUT2D eigenvalue weighted by molar-refractivity contribution is 5.76. The predicted molar refractivity (Wildman–Crippen MR) is 81.2 cm³/mol. The van der Waals surface area contributed by atoms with E-state index in [1.807, 2.05) is 0 Å². The van der Waals surface area contributed by atoms with Gasteiger partial charge in [0.1, 0.15) is 0 Å². The van der Waals surface area contributed by atoms with E-state index in [2.05, 4.69) is 4.90 Å². The first-order valence-electron chi connectivity index (χ1n) is 8.75. The molecule has 2 saturated carbocycles. The molecule has 1 saturated heterocycles.